The number of rotatable bonds is 3. The van der Waals surface area contributed by atoms with E-state index in [0.29, 0.717) is 10.7 Å². The van der Waals surface area contributed by atoms with Crippen molar-refractivity contribution in [3.63, 3.8) is 0 Å². The quantitative estimate of drug-likeness (QED) is 0.814. The van der Waals surface area contributed by atoms with Gasteiger partial charge in [-0.1, -0.05) is 29.8 Å². The van der Waals surface area contributed by atoms with Gasteiger partial charge < -0.3 is 9.84 Å². The molecule has 0 radical (unpaired) electrons. The maximum atomic E-state index is 11.9. The first-order valence-corrected chi connectivity index (χ1v) is 7.67. The summed E-state index contributed by atoms with van der Waals surface area (Å²) in [7, 11) is 0. The highest BCUT2D eigenvalue weighted by Gasteiger charge is 2.17. The van der Waals surface area contributed by atoms with E-state index < -0.39 is 17.7 Å². The van der Waals surface area contributed by atoms with E-state index in [-0.39, 0.29) is 5.56 Å². The molecule has 0 aliphatic carbocycles. The van der Waals surface area contributed by atoms with Crippen molar-refractivity contribution in [2.24, 2.45) is 0 Å². The molecule has 1 amide bonds. The molecule has 2 N–H and O–H groups in total. The van der Waals surface area contributed by atoms with Crippen molar-refractivity contribution in [3.8, 4) is 11.1 Å². The number of carboxylic acid groups (broad SMARTS) is 1. The predicted octanol–water partition coefficient (Wildman–Crippen LogP) is 5.05. The lowest BCUT2D eigenvalue weighted by Gasteiger charge is -2.20. The molecule has 2 aromatic rings. The number of aromatic carboxylic acids is 1. The number of carbonyl (C=O) groups is 2. The Morgan fingerprint density at radius 3 is 2.17 bits per heavy atom. The van der Waals surface area contributed by atoms with Crippen molar-refractivity contribution < 1.29 is 19.4 Å². The van der Waals surface area contributed by atoms with Crippen molar-refractivity contribution >= 4 is 29.4 Å². The van der Waals surface area contributed by atoms with Crippen LogP contribution in [0.25, 0.3) is 11.1 Å². The van der Waals surface area contributed by atoms with E-state index in [0.717, 1.165) is 11.1 Å². The molecule has 0 saturated heterocycles. The Kier molecular flexibility index (Phi) is 5.14. The largest absolute Gasteiger partial charge is 0.478 e. The zero-order valence-corrected chi connectivity index (χ0v) is 14.3. The lowest BCUT2D eigenvalue weighted by molar-refractivity contribution is 0.0634. The molecule has 126 valence electrons. The minimum Gasteiger partial charge on any atom is -0.478 e. The van der Waals surface area contributed by atoms with Crippen molar-refractivity contribution in [1.29, 1.82) is 0 Å². The molecule has 0 aliphatic heterocycles. The van der Waals surface area contributed by atoms with Gasteiger partial charge in [-0.25, -0.2) is 9.59 Å². The molecule has 0 aromatic heterocycles. The minimum atomic E-state index is -0.982. The summed E-state index contributed by atoms with van der Waals surface area (Å²) in [5.74, 6) is -0.982. The summed E-state index contributed by atoms with van der Waals surface area (Å²) in [5, 5.41) is 11.9. The van der Waals surface area contributed by atoms with Crippen LogP contribution in [0.1, 0.15) is 31.1 Å². The van der Waals surface area contributed by atoms with Gasteiger partial charge in [0, 0.05) is 0 Å². The maximum absolute atomic E-state index is 11.9. The van der Waals surface area contributed by atoms with Gasteiger partial charge in [-0.15, -0.1) is 0 Å². The van der Waals surface area contributed by atoms with Gasteiger partial charge in [-0.2, -0.15) is 0 Å². The molecule has 0 unspecified atom stereocenters. The van der Waals surface area contributed by atoms with Gasteiger partial charge in [0.1, 0.15) is 5.60 Å². The number of amides is 1. The summed E-state index contributed by atoms with van der Waals surface area (Å²) >= 11 is 6.12. The van der Waals surface area contributed by atoms with Crippen molar-refractivity contribution in [2.45, 2.75) is 26.4 Å². The Hall–Kier alpha value is -2.53. The first-order chi connectivity index (χ1) is 11.2. The van der Waals surface area contributed by atoms with Crippen LogP contribution in [0, 0.1) is 0 Å². The Labute approximate surface area is 145 Å². The van der Waals surface area contributed by atoms with Crippen LogP contribution in [-0.4, -0.2) is 22.8 Å². The van der Waals surface area contributed by atoms with Crippen LogP contribution in [0.3, 0.4) is 0 Å². The van der Waals surface area contributed by atoms with E-state index in [1.165, 1.54) is 12.1 Å². The smallest absolute Gasteiger partial charge is 0.412 e. The second-order valence-electron chi connectivity index (χ2n) is 6.20. The molecule has 0 bridgehead atoms. The van der Waals surface area contributed by atoms with E-state index in [1.807, 2.05) is 0 Å². The van der Waals surface area contributed by atoms with E-state index in [1.54, 1.807) is 51.1 Å². The molecule has 6 heteroatoms. The highest BCUT2D eigenvalue weighted by Crippen LogP contribution is 2.29. The summed E-state index contributed by atoms with van der Waals surface area (Å²) in [6.45, 7) is 5.32. The standard InChI is InChI=1S/C18H18ClNO4/c1-18(2,3)24-17(23)20-15-10-13(8-9-14(15)19)11-4-6-12(7-5-11)16(21)22/h4-10H,1-3H3,(H,20,23)(H,21,22). The number of nitrogens with one attached hydrogen (secondary N) is 1. The molecule has 0 heterocycles. The molecule has 5 nitrogen and oxygen atoms in total. The van der Waals surface area contributed by atoms with Gasteiger partial charge in [0.2, 0.25) is 0 Å². The molecule has 0 saturated carbocycles. The second kappa shape index (κ2) is 6.93. The number of carboxylic acids is 1. The van der Waals surface area contributed by atoms with Crippen molar-refractivity contribution in [1.82, 2.24) is 0 Å². The third-order valence-corrected chi connectivity index (χ3v) is 3.40. The van der Waals surface area contributed by atoms with Crippen LogP contribution in [0.15, 0.2) is 42.5 Å². The molecule has 0 spiro atoms. The van der Waals surface area contributed by atoms with Crippen LogP contribution in [0.5, 0.6) is 0 Å². The average molecular weight is 348 g/mol. The van der Waals surface area contributed by atoms with Gasteiger partial charge in [0.15, 0.2) is 0 Å². The summed E-state index contributed by atoms with van der Waals surface area (Å²) in [4.78, 5) is 22.8. The van der Waals surface area contributed by atoms with Gasteiger partial charge in [-0.05, 0) is 56.2 Å². The second-order valence-corrected chi connectivity index (χ2v) is 6.61. The molecule has 2 rings (SSSR count). The Balaban J connectivity index is 2.25. The molecule has 0 fully saturated rings. The van der Waals surface area contributed by atoms with Gasteiger partial charge in [0.25, 0.3) is 0 Å². The summed E-state index contributed by atoms with van der Waals surface area (Å²) in [6.07, 6.45) is -0.595. The Bertz CT molecular complexity index is 764. The van der Waals surface area contributed by atoms with Gasteiger partial charge >= 0.3 is 12.1 Å². The third-order valence-electron chi connectivity index (χ3n) is 3.07. The number of anilines is 1. The highest BCUT2D eigenvalue weighted by molar-refractivity contribution is 6.33. The Morgan fingerprint density at radius 2 is 1.62 bits per heavy atom. The van der Waals surface area contributed by atoms with E-state index >= 15 is 0 Å². The number of hydrogen-bond acceptors (Lipinski definition) is 3. The monoisotopic (exact) mass is 347 g/mol. The number of benzene rings is 2. The fraction of sp³-hybridized carbons (Fsp3) is 0.222. The number of hydrogen-bond donors (Lipinski definition) is 2. The molecule has 24 heavy (non-hydrogen) atoms. The third kappa shape index (κ3) is 4.73. The number of ether oxygens (including phenoxy) is 1. The maximum Gasteiger partial charge on any atom is 0.412 e. The van der Waals surface area contributed by atoms with Crippen LogP contribution >= 0.6 is 11.6 Å². The topological polar surface area (TPSA) is 75.6 Å². The highest BCUT2D eigenvalue weighted by atomic mass is 35.5. The predicted molar refractivity (Wildman–Crippen MR) is 93.7 cm³/mol. The summed E-state index contributed by atoms with van der Waals surface area (Å²) in [6, 6.07) is 11.6. The zero-order chi connectivity index (χ0) is 17.9. The summed E-state index contributed by atoms with van der Waals surface area (Å²) in [5.41, 5.74) is 1.62. The molecule has 0 atom stereocenters. The van der Waals surface area contributed by atoms with E-state index in [2.05, 4.69) is 5.32 Å². The molecular weight excluding hydrogens is 330 g/mol. The van der Waals surface area contributed by atoms with Crippen molar-refractivity contribution in [2.75, 3.05) is 5.32 Å². The van der Waals surface area contributed by atoms with Crippen LogP contribution < -0.4 is 5.32 Å². The normalized spacial score (nSPS) is 11.0. The fourth-order valence-electron chi connectivity index (χ4n) is 2.02. The Morgan fingerprint density at radius 1 is 1.04 bits per heavy atom. The summed E-state index contributed by atoms with van der Waals surface area (Å²) < 4.78 is 5.21. The van der Waals surface area contributed by atoms with Crippen LogP contribution in [0.2, 0.25) is 5.02 Å². The van der Waals surface area contributed by atoms with Crippen LogP contribution in [-0.2, 0) is 4.74 Å². The van der Waals surface area contributed by atoms with Crippen LogP contribution in [0.4, 0.5) is 10.5 Å². The lowest BCUT2D eigenvalue weighted by Crippen LogP contribution is -2.27. The zero-order valence-electron chi connectivity index (χ0n) is 13.6. The van der Waals surface area contributed by atoms with E-state index in [4.69, 9.17) is 21.4 Å². The average Bonchev–Trinajstić information content (AvgIpc) is 2.47. The molecule has 0 aliphatic rings. The minimum absolute atomic E-state index is 0.208. The van der Waals surface area contributed by atoms with Gasteiger partial charge in [0.05, 0.1) is 16.3 Å². The van der Waals surface area contributed by atoms with Crippen molar-refractivity contribution in [3.05, 3.63) is 53.1 Å². The fourth-order valence-corrected chi connectivity index (χ4v) is 2.18. The molecule has 2 aromatic carbocycles. The number of carbonyl (C=O) groups excluding carboxylic acids is 1. The lowest BCUT2D eigenvalue weighted by atomic mass is 10.0. The first kappa shape index (κ1) is 17.8. The molecular formula is C18H18ClNO4. The van der Waals surface area contributed by atoms with Gasteiger partial charge in [-0.3, -0.25) is 5.32 Å². The number of halogens is 1. The van der Waals surface area contributed by atoms with E-state index in [9.17, 15) is 9.59 Å². The SMILES string of the molecule is CC(C)(C)OC(=O)Nc1cc(-c2ccc(C(=O)O)cc2)ccc1Cl. The first-order valence-electron chi connectivity index (χ1n) is 7.29.